The van der Waals surface area contributed by atoms with Crippen molar-refractivity contribution in [3.8, 4) is 0 Å². The first kappa shape index (κ1) is 15.0. The molecule has 5 nitrogen and oxygen atoms in total. The Labute approximate surface area is 108 Å². The summed E-state index contributed by atoms with van der Waals surface area (Å²) < 4.78 is 25.7. The lowest BCUT2D eigenvalue weighted by molar-refractivity contribution is -0.141. The van der Waals surface area contributed by atoms with E-state index in [2.05, 4.69) is 10.6 Å². The monoisotopic (exact) mass is 272 g/mol. The van der Waals surface area contributed by atoms with Gasteiger partial charge in [0, 0.05) is 6.42 Å². The van der Waals surface area contributed by atoms with Gasteiger partial charge < -0.3 is 15.7 Å². The van der Waals surface area contributed by atoms with Crippen molar-refractivity contribution in [2.75, 3.05) is 13.6 Å². The fourth-order valence-electron chi connectivity index (χ4n) is 1.51. The topological polar surface area (TPSA) is 78.4 Å². The molecule has 0 aliphatic heterocycles. The van der Waals surface area contributed by atoms with Crippen molar-refractivity contribution in [3.63, 3.8) is 0 Å². The number of benzene rings is 1. The molecule has 19 heavy (non-hydrogen) atoms. The predicted molar refractivity (Wildman–Crippen MR) is 63.6 cm³/mol. The molecule has 0 aromatic heterocycles. The summed E-state index contributed by atoms with van der Waals surface area (Å²) in [5, 5.41) is 13.8. The Bertz CT molecular complexity index is 480. The highest BCUT2D eigenvalue weighted by atomic mass is 19.2. The summed E-state index contributed by atoms with van der Waals surface area (Å²) in [4.78, 5) is 22.3. The van der Waals surface area contributed by atoms with Gasteiger partial charge >= 0.3 is 5.97 Å². The highest BCUT2D eigenvalue weighted by Gasteiger charge is 2.20. The van der Waals surface area contributed by atoms with Crippen LogP contribution in [-0.2, 0) is 16.0 Å². The zero-order valence-electron chi connectivity index (χ0n) is 10.2. The molecule has 0 spiro atoms. The van der Waals surface area contributed by atoms with Gasteiger partial charge in [-0.3, -0.25) is 4.79 Å². The van der Waals surface area contributed by atoms with Gasteiger partial charge in [-0.1, -0.05) is 6.07 Å². The van der Waals surface area contributed by atoms with Crippen LogP contribution in [0.2, 0.25) is 0 Å². The van der Waals surface area contributed by atoms with E-state index in [0.29, 0.717) is 0 Å². The summed E-state index contributed by atoms with van der Waals surface area (Å²) in [6, 6.07) is 1.92. The summed E-state index contributed by atoms with van der Waals surface area (Å²) >= 11 is 0. The molecule has 7 heteroatoms. The van der Waals surface area contributed by atoms with E-state index in [1.165, 1.54) is 6.07 Å². The van der Waals surface area contributed by atoms with Crippen molar-refractivity contribution in [1.82, 2.24) is 10.6 Å². The molecular weight excluding hydrogens is 258 g/mol. The number of hydrogen-bond acceptors (Lipinski definition) is 3. The predicted octanol–water partition coefficient (Wildman–Crippen LogP) is 0.296. The number of carbonyl (C=O) groups excluding carboxylic acids is 1. The number of hydrogen-bond donors (Lipinski definition) is 3. The lowest BCUT2D eigenvalue weighted by Gasteiger charge is -2.14. The highest BCUT2D eigenvalue weighted by Crippen LogP contribution is 2.10. The molecule has 0 bridgehead atoms. The molecule has 0 aliphatic rings. The Hall–Kier alpha value is -2.02. The maximum atomic E-state index is 13.0. The summed E-state index contributed by atoms with van der Waals surface area (Å²) in [5.74, 6) is -3.79. The number of likely N-dealkylation sites (N-methyl/N-ethyl adjacent to an activating group) is 1. The van der Waals surface area contributed by atoms with E-state index >= 15 is 0 Å². The van der Waals surface area contributed by atoms with Crippen LogP contribution in [0.15, 0.2) is 18.2 Å². The van der Waals surface area contributed by atoms with E-state index in [0.717, 1.165) is 12.1 Å². The third-order valence-corrected chi connectivity index (χ3v) is 2.39. The van der Waals surface area contributed by atoms with E-state index in [4.69, 9.17) is 5.11 Å². The van der Waals surface area contributed by atoms with Crippen LogP contribution < -0.4 is 10.6 Å². The van der Waals surface area contributed by atoms with Gasteiger partial charge in [-0.05, 0) is 24.7 Å². The first-order valence-electron chi connectivity index (χ1n) is 5.54. The van der Waals surface area contributed by atoms with Crippen molar-refractivity contribution in [2.24, 2.45) is 0 Å². The van der Waals surface area contributed by atoms with Gasteiger partial charge in [0.2, 0.25) is 5.91 Å². The van der Waals surface area contributed by atoms with Crippen LogP contribution in [-0.4, -0.2) is 36.6 Å². The number of carbonyl (C=O) groups is 2. The summed E-state index contributed by atoms with van der Waals surface area (Å²) in [5.41, 5.74) is 0.288. The number of rotatable bonds is 6. The fraction of sp³-hybridized carbons (Fsp3) is 0.333. The molecule has 0 fully saturated rings. The van der Waals surface area contributed by atoms with E-state index in [1.54, 1.807) is 7.05 Å². The summed E-state index contributed by atoms with van der Waals surface area (Å²) in [6.07, 6.45) is -0.123. The standard InChI is InChI=1S/C12H14F2N2O3/c1-15-6-11(17)16-10(12(18)19)5-7-2-3-8(13)9(14)4-7/h2-4,10,15H,5-6H2,1H3,(H,16,17)(H,18,19). The zero-order valence-corrected chi connectivity index (χ0v) is 10.2. The van der Waals surface area contributed by atoms with Crippen LogP contribution >= 0.6 is 0 Å². The van der Waals surface area contributed by atoms with Gasteiger partial charge in [0.15, 0.2) is 11.6 Å². The van der Waals surface area contributed by atoms with Gasteiger partial charge in [-0.15, -0.1) is 0 Å². The van der Waals surface area contributed by atoms with E-state index in [-0.39, 0.29) is 18.5 Å². The number of aliphatic carboxylic acids is 1. The first-order chi connectivity index (χ1) is 8.93. The minimum atomic E-state index is -1.24. The molecular formula is C12H14F2N2O3. The molecule has 104 valence electrons. The second-order valence-corrected chi connectivity index (χ2v) is 3.94. The third-order valence-electron chi connectivity index (χ3n) is 2.39. The van der Waals surface area contributed by atoms with Crippen LogP contribution in [0, 0.1) is 11.6 Å². The van der Waals surface area contributed by atoms with Gasteiger partial charge in [0.05, 0.1) is 6.54 Å². The lowest BCUT2D eigenvalue weighted by Crippen LogP contribution is -2.45. The van der Waals surface area contributed by atoms with Crippen LogP contribution in [0.25, 0.3) is 0 Å². The average molecular weight is 272 g/mol. The molecule has 1 rings (SSSR count). The quantitative estimate of drug-likeness (QED) is 0.696. The van der Waals surface area contributed by atoms with E-state index in [9.17, 15) is 18.4 Å². The molecule has 1 amide bonds. The van der Waals surface area contributed by atoms with Crippen molar-refractivity contribution in [1.29, 1.82) is 0 Å². The molecule has 0 radical (unpaired) electrons. The molecule has 3 N–H and O–H groups in total. The van der Waals surface area contributed by atoms with Gasteiger partial charge in [0.1, 0.15) is 6.04 Å². The highest BCUT2D eigenvalue weighted by molar-refractivity contribution is 5.84. The molecule has 1 aromatic carbocycles. The minimum absolute atomic E-state index is 0.0262. The molecule has 0 heterocycles. The normalized spacial score (nSPS) is 11.9. The zero-order chi connectivity index (χ0) is 14.4. The Morgan fingerprint density at radius 3 is 2.53 bits per heavy atom. The minimum Gasteiger partial charge on any atom is -0.480 e. The molecule has 1 atom stereocenters. The number of amides is 1. The van der Waals surface area contributed by atoms with E-state index in [1.807, 2.05) is 0 Å². The largest absolute Gasteiger partial charge is 0.480 e. The summed E-state index contributed by atoms with van der Waals surface area (Å²) in [7, 11) is 1.55. The van der Waals surface area contributed by atoms with Crippen LogP contribution in [0.3, 0.4) is 0 Å². The first-order valence-corrected chi connectivity index (χ1v) is 5.54. The van der Waals surface area contributed by atoms with Crippen molar-refractivity contribution in [3.05, 3.63) is 35.4 Å². The summed E-state index contributed by atoms with van der Waals surface area (Å²) in [6.45, 7) is -0.0262. The maximum absolute atomic E-state index is 13.0. The van der Waals surface area contributed by atoms with Crippen molar-refractivity contribution in [2.45, 2.75) is 12.5 Å². The molecule has 0 aliphatic carbocycles. The third kappa shape index (κ3) is 4.63. The van der Waals surface area contributed by atoms with Crippen molar-refractivity contribution < 1.29 is 23.5 Å². The fourth-order valence-corrected chi connectivity index (χ4v) is 1.51. The Kier molecular flexibility index (Phi) is 5.37. The number of carboxylic acids is 1. The van der Waals surface area contributed by atoms with Gasteiger partial charge in [-0.2, -0.15) is 0 Å². The maximum Gasteiger partial charge on any atom is 0.326 e. The molecule has 0 saturated carbocycles. The second kappa shape index (κ2) is 6.79. The number of nitrogens with one attached hydrogen (secondary N) is 2. The average Bonchev–Trinajstić information content (AvgIpc) is 2.33. The SMILES string of the molecule is CNCC(=O)NC(Cc1ccc(F)c(F)c1)C(=O)O. The smallest absolute Gasteiger partial charge is 0.326 e. The van der Waals surface area contributed by atoms with Crippen LogP contribution in [0.4, 0.5) is 8.78 Å². The number of halogens is 2. The van der Waals surface area contributed by atoms with E-state index < -0.39 is 29.6 Å². The molecule has 0 saturated heterocycles. The number of carboxylic acid groups (broad SMARTS) is 1. The molecule has 1 unspecified atom stereocenters. The Morgan fingerprint density at radius 2 is 2.00 bits per heavy atom. The molecule has 1 aromatic rings. The second-order valence-electron chi connectivity index (χ2n) is 3.94. The van der Waals surface area contributed by atoms with Gasteiger partial charge in [0.25, 0.3) is 0 Å². The van der Waals surface area contributed by atoms with Crippen molar-refractivity contribution >= 4 is 11.9 Å². The van der Waals surface area contributed by atoms with Crippen LogP contribution in [0.5, 0.6) is 0 Å². The van der Waals surface area contributed by atoms with Gasteiger partial charge in [-0.25, -0.2) is 13.6 Å². The lowest BCUT2D eigenvalue weighted by atomic mass is 10.1. The Balaban J connectivity index is 2.75. The Morgan fingerprint density at radius 1 is 1.32 bits per heavy atom. The van der Waals surface area contributed by atoms with Crippen LogP contribution in [0.1, 0.15) is 5.56 Å².